The molecule has 0 spiro atoms. The fourth-order valence-electron chi connectivity index (χ4n) is 0.976. The summed E-state index contributed by atoms with van der Waals surface area (Å²) in [7, 11) is 1.20. The van der Waals surface area contributed by atoms with Gasteiger partial charge in [0.15, 0.2) is 0 Å². The van der Waals surface area contributed by atoms with E-state index in [1.165, 1.54) is 7.11 Å². The van der Waals surface area contributed by atoms with Crippen LogP contribution in [0.2, 0.25) is 0 Å². The highest BCUT2D eigenvalue weighted by Crippen LogP contribution is 2.28. The Morgan fingerprint density at radius 3 is 2.75 bits per heavy atom. The highest BCUT2D eigenvalue weighted by Gasteiger charge is 2.32. The summed E-state index contributed by atoms with van der Waals surface area (Å²) in [6.45, 7) is -0.0250. The Balaban J connectivity index is 2.69. The van der Waals surface area contributed by atoms with Crippen molar-refractivity contribution < 1.29 is 22.7 Å². The molecule has 0 aliphatic rings. The molecule has 0 aromatic carbocycles. The first-order chi connectivity index (χ1) is 7.34. The molecule has 0 fully saturated rings. The minimum atomic E-state index is -4.43. The lowest BCUT2D eigenvalue weighted by atomic mass is 10.3. The van der Waals surface area contributed by atoms with E-state index in [2.05, 4.69) is 25.8 Å². The number of halogens is 4. The topological polar surface area (TPSA) is 44.1 Å². The quantitative estimate of drug-likeness (QED) is 0.632. The minimum Gasteiger partial charge on any atom is -0.468 e. The molecule has 4 nitrogen and oxygen atoms in total. The van der Waals surface area contributed by atoms with Crippen molar-refractivity contribution in [2.24, 2.45) is 0 Å². The molecule has 1 aromatic heterocycles. The Morgan fingerprint density at radius 1 is 1.69 bits per heavy atom. The number of alkyl halides is 4. The van der Waals surface area contributed by atoms with E-state index in [1.54, 1.807) is 0 Å². The van der Waals surface area contributed by atoms with Crippen molar-refractivity contribution in [3.05, 3.63) is 18.0 Å². The Hall–Kier alpha value is -1.05. The molecule has 0 bridgehead atoms. The summed E-state index contributed by atoms with van der Waals surface area (Å²) in [4.78, 5) is 10.3. The maximum absolute atomic E-state index is 12.2. The minimum absolute atomic E-state index is 0.0250. The highest BCUT2D eigenvalue weighted by molar-refractivity contribution is 9.10. The molecule has 90 valence electrons. The molecule has 1 unspecified atom stereocenters. The molecule has 0 saturated carbocycles. The number of carbonyl (C=O) groups excluding carboxylic acids is 1. The van der Waals surface area contributed by atoms with Gasteiger partial charge in [0.25, 0.3) is 0 Å². The van der Waals surface area contributed by atoms with Gasteiger partial charge in [0.05, 0.1) is 25.4 Å². The normalized spacial score (nSPS) is 13.6. The third-order valence-corrected chi connectivity index (χ3v) is 2.43. The van der Waals surface area contributed by atoms with Crippen molar-refractivity contribution in [2.75, 3.05) is 7.11 Å². The van der Waals surface area contributed by atoms with E-state index in [9.17, 15) is 18.0 Å². The van der Waals surface area contributed by atoms with Gasteiger partial charge in [-0.05, 0) is 0 Å². The van der Waals surface area contributed by atoms with Crippen LogP contribution in [0.1, 0.15) is 5.56 Å². The fourth-order valence-corrected chi connectivity index (χ4v) is 1.46. The van der Waals surface area contributed by atoms with Gasteiger partial charge in [-0.2, -0.15) is 18.3 Å². The molecular formula is C8H8BrF3N2O2. The van der Waals surface area contributed by atoms with Crippen LogP contribution in [0.5, 0.6) is 0 Å². The number of nitrogens with zero attached hydrogens (tertiary/aromatic N) is 2. The average Bonchev–Trinajstić information content (AvgIpc) is 2.64. The summed E-state index contributed by atoms with van der Waals surface area (Å²) in [5, 5.41) is 3.50. The van der Waals surface area contributed by atoms with E-state index in [-0.39, 0.29) is 6.54 Å². The zero-order valence-corrected chi connectivity index (χ0v) is 9.75. The van der Waals surface area contributed by atoms with Gasteiger partial charge in [-0.15, -0.1) is 0 Å². The van der Waals surface area contributed by atoms with Crippen LogP contribution in [0.15, 0.2) is 12.4 Å². The smallest absolute Gasteiger partial charge is 0.419 e. The fraction of sp³-hybridized carbons (Fsp3) is 0.500. The second-order valence-corrected chi connectivity index (χ2v) is 4.04. The van der Waals surface area contributed by atoms with E-state index < -0.39 is 22.5 Å². The van der Waals surface area contributed by atoms with Crippen LogP contribution >= 0.6 is 15.9 Å². The van der Waals surface area contributed by atoms with Gasteiger partial charge >= 0.3 is 12.1 Å². The summed E-state index contributed by atoms with van der Waals surface area (Å²) < 4.78 is 42.1. The number of hydrogen-bond acceptors (Lipinski definition) is 3. The molecule has 0 saturated heterocycles. The lowest BCUT2D eigenvalue weighted by Crippen LogP contribution is -2.21. The average molecular weight is 301 g/mol. The Morgan fingerprint density at radius 2 is 2.31 bits per heavy atom. The molecule has 1 atom stereocenters. The summed E-state index contributed by atoms with van der Waals surface area (Å²) in [5.74, 6) is -0.566. The SMILES string of the molecule is COC(=O)C(Br)Cn1cc(C(F)(F)F)cn1. The summed E-state index contributed by atoms with van der Waals surface area (Å²) in [6.07, 6.45) is -2.89. The summed E-state index contributed by atoms with van der Waals surface area (Å²) >= 11 is 2.98. The van der Waals surface area contributed by atoms with Crippen molar-refractivity contribution in [2.45, 2.75) is 17.5 Å². The van der Waals surface area contributed by atoms with E-state index in [0.717, 1.165) is 10.9 Å². The van der Waals surface area contributed by atoms with Crippen molar-refractivity contribution in [1.29, 1.82) is 0 Å². The lowest BCUT2D eigenvalue weighted by Gasteiger charge is -2.07. The Bertz CT molecular complexity index is 378. The van der Waals surface area contributed by atoms with Crippen LogP contribution in [-0.2, 0) is 22.3 Å². The van der Waals surface area contributed by atoms with Crippen LogP contribution in [0.3, 0.4) is 0 Å². The van der Waals surface area contributed by atoms with E-state index in [4.69, 9.17) is 0 Å². The predicted molar refractivity (Wildman–Crippen MR) is 52.0 cm³/mol. The van der Waals surface area contributed by atoms with E-state index in [1.807, 2.05) is 0 Å². The third-order valence-electron chi connectivity index (χ3n) is 1.76. The molecule has 0 aliphatic heterocycles. The molecule has 8 heteroatoms. The highest BCUT2D eigenvalue weighted by atomic mass is 79.9. The first-order valence-electron chi connectivity index (χ1n) is 4.16. The molecular weight excluding hydrogens is 293 g/mol. The van der Waals surface area contributed by atoms with Gasteiger partial charge < -0.3 is 4.74 Å². The van der Waals surface area contributed by atoms with Crippen LogP contribution in [-0.4, -0.2) is 27.7 Å². The zero-order valence-electron chi connectivity index (χ0n) is 8.16. The number of aromatic nitrogens is 2. The van der Waals surface area contributed by atoms with Crippen LogP contribution < -0.4 is 0 Å². The predicted octanol–water partition coefficient (Wildman–Crippen LogP) is 1.84. The second-order valence-electron chi connectivity index (χ2n) is 2.94. The Labute approximate surface area is 97.5 Å². The Kier molecular flexibility index (Phi) is 3.95. The lowest BCUT2D eigenvalue weighted by molar-refractivity contribution is -0.140. The number of ether oxygens (including phenoxy) is 1. The molecule has 16 heavy (non-hydrogen) atoms. The molecule has 0 amide bonds. The van der Waals surface area contributed by atoms with Gasteiger partial charge in [0, 0.05) is 6.20 Å². The van der Waals surface area contributed by atoms with Crippen LogP contribution in [0, 0.1) is 0 Å². The first-order valence-corrected chi connectivity index (χ1v) is 5.07. The van der Waals surface area contributed by atoms with Crippen LogP contribution in [0.25, 0.3) is 0 Å². The van der Waals surface area contributed by atoms with Gasteiger partial charge in [-0.3, -0.25) is 9.48 Å². The number of methoxy groups -OCH3 is 1. The third kappa shape index (κ3) is 3.22. The van der Waals surface area contributed by atoms with Crippen molar-refractivity contribution >= 4 is 21.9 Å². The van der Waals surface area contributed by atoms with Crippen molar-refractivity contribution in [3.8, 4) is 0 Å². The van der Waals surface area contributed by atoms with Gasteiger partial charge in [-0.25, -0.2) is 0 Å². The maximum atomic E-state index is 12.2. The molecule has 1 rings (SSSR count). The standard InChI is InChI=1S/C8H8BrF3N2O2/c1-16-7(15)6(9)4-14-3-5(2-13-14)8(10,11)12/h2-3,6H,4H2,1H3. The van der Waals surface area contributed by atoms with Gasteiger partial charge in [-0.1, -0.05) is 15.9 Å². The first kappa shape index (κ1) is 13.0. The number of carbonyl (C=O) groups is 1. The molecule has 0 N–H and O–H groups in total. The number of esters is 1. The van der Waals surface area contributed by atoms with E-state index in [0.29, 0.717) is 6.20 Å². The number of rotatable bonds is 3. The summed E-state index contributed by atoms with van der Waals surface area (Å²) in [6, 6.07) is 0. The monoisotopic (exact) mass is 300 g/mol. The molecule has 0 aliphatic carbocycles. The zero-order chi connectivity index (χ0) is 12.3. The van der Waals surface area contributed by atoms with E-state index >= 15 is 0 Å². The molecule has 0 radical (unpaired) electrons. The number of hydrogen-bond donors (Lipinski definition) is 0. The second kappa shape index (κ2) is 4.86. The van der Waals surface area contributed by atoms with Gasteiger partial charge in [0.2, 0.25) is 0 Å². The molecule has 1 aromatic rings. The molecule has 1 heterocycles. The van der Waals surface area contributed by atoms with Crippen LogP contribution in [0.4, 0.5) is 13.2 Å². The maximum Gasteiger partial charge on any atom is 0.419 e. The van der Waals surface area contributed by atoms with Crippen molar-refractivity contribution in [1.82, 2.24) is 9.78 Å². The summed E-state index contributed by atoms with van der Waals surface area (Å²) in [5.41, 5.74) is -0.850. The van der Waals surface area contributed by atoms with Gasteiger partial charge in [0.1, 0.15) is 4.83 Å². The largest absolute Gasteiger partial charge is 0.468 e. The van der Waals surface area contributed by atoms with Crippen molar-refractivity contribution in [3.63, 3.8) is 0 Å².